The van der Waals surface area contributed by atoms with Crippen molar-refractivity contribution in [1.29, 1.82) is 0 Å². The minimum Gasteiger partial charge on any atom is -0.336 e. The number of benzene rings is 3. The molecule has 0 aliphatic carbocycles. The van der Waals surface area contributed by atoms with Crippen LogP contribution in [0.3, 0.4) is 0 Å². The Morgan fingerprint density at radius 2 is 1.28 bits per heavy atom. The summed E-state index contributed by atoms with van der Waals surface area (Å²) in [5.74, 6) is -0.560. The Morgan fingerprint density at radius 3 is 1.91 bits per heavy atom. The molecule has 32 heavy (non-hydrogen) atoms. The van der Waals surface area contributed by atoms with Crippen LogP contribution in [0.5, 0.6) is 0 Å². The zero-order chi connectivity index (χ0) is 22.7. The van der Waals surface area contributed by atoms with Crippen molar-refractivity contribution < 1.29 is 18.0 Å². The molecule has 0 atom stereocenters. The van der Waals surface area contributed by atoms with Crippen LogP contribution in [-0.4, -0.2) is 55.5 Å². The molecule has 1 amide bonds. The van der Waals surface area contributed by atoms with E-state index in [1.807, 2.05) is 0 Å². The van der Waals surface area contributed by atoms with E-state index in [4.69, 9.17) is 11.6 Å². The van der Waals surface area contributed by atoms with Gasteiger partial charge in [0.25, 0.3) is 5.91 Å². The Balaban J connectivity index is 1.51. The topological polar surface area (TPSA) is 74.8 Å². The normalized spacial score (nSPS) is 14.8. The standard InChI is InChI=1S/C24H21ClN2O4S/c25-19-12-10-18(11-13-19)23(28)21-8-4-5-9-22(21)24(29)26-14-16-27(17-15-26)32(30,31)20-6-2-1-3-7-20/h1-13H,14-17H2. The van der Waals surface area contributed by atoms with Crippen LogP contribution in [0, 0.1) is 0 Å². The fourth-order valence-electron chi connectivity index (χ4n) is 3.67. The highest BCUT2D eigenvalue weighted by atomic mass is 35.5. The first-order valence-corrected chi connectivity index (χ1v) is 11.9. The summed E-state index contributed by atoms with van der Waals surface area (Å²) in [4.78, 5) is 28.0. The maximum atomic E-state index is 13.2. The van der Waals surface area contributed by atoms with Crippen LogP contribution in [0.2, 0.25) is 5.02 Å². The maximum absolute atomic E-state index is 13.2. The highest BCUT2D eigenvalue weighted by Gasteiger charge is 2.31. The number of sulfonamides is 1. The van der Waals surface area contributed by atoms with Gasteiger partial charge in [-0.25, -0.2) is 8.42 Å². The third-order valence-electron chi connectivity index (χ3n) is 5.42. The molecule has 164 valence electrons. The van der Waals surface area contributed by atoms with Crippen molar-refractivity contribution in [1.82, 2.24) is 9.21 Å². The Kier molecular flexibility index (Phi) is 6.41. The monoisotopic (exact) mass is 468 g/mol. The summed E-state index contributed by atoms with van der Waals surface area (Å²) in [7, 11) is -3.61. The van der Waals surface area contributed by atoms with Gasteiger partial charge >= 0.3 is 0 Å². The molecular formula is C24H21ClN2O4S. The smallest absolute Gasteiger partial charge is 0.254 e. The van der Waals surface area contributed by atoms with Crippen molar-refractivity contribution in [3.8, 4) is 0 Å². The zero-order valence-corrected chi connectivity index (χ0v) is 18.7. The van der Waals surface area contributed by atoms with Gasteiger partial charge < -0.3 is 4.90 Å². The van der Waals surface area contributed by atoms with Crippen molar-refractivity contribution in [2.45, 2.75) is 4.90 Å². The Bertz CT molecular complexity index is 1240. The molecule has 0 saturated carbocycles. The predicted molar refractivity (Wildman–Crippen MR) is 122 cm³/mol. The van der Waals surface area contributed by atoms with Gasteiger partial charge in [-0.15, -0.1) is 0 Å². The van der Waals surface area contributed by atoms with Crippen molar-refractivity contribution >= 4 is 33.3 Å². The minimum absolute atomic E-state index is 0.191. The van der Waals surface area contributed by atoms with Gasteiger partial charge in [0.15, 0.2) is 5.78 Å². The molecule has 0 N–H and O–H groups in total. The second-order valence-corrected chi connectivity index (χ2v) is 9.77. The first kappa shape index (κ1) is 22.2. The molecule has 1 aliphatic rings. The molecule has 1 heterocycles. The summed E-state index contributed by atoms with van der Waals surface area (Å²) >= 11 is 5.91. The number of halogens is 1. The van der Waals surface area contributed by atoms with Gasteiger partial charge in [0.2, 0.25) is 10.0 Å². The fraction of sp³-hybridized carbons (Fsp3) is 0.167. The second-order valence-electron chi connectivity index (χ2n) is 7.39. The van der Waals surface area contributed by atoms with Crippen LogP contribution in [0.15, 0.2) is 83.8 Å². The molecule has 1 fully saturated rings. The van der Waals surface area contributed by atoms with Crippen molar-refractivity contribution in [3.63, 3.8) is 0 Å². The van der Waals surface area contributed by atoms with E-state index in [9.17, 15) is 18.0 Å². The molecule has 3 aromatic rings. The quantitative estimate of drug-likeness (QED) is 0.535. The molecule has 1 saturated heterocycles. The lowest BCUT2D eigenvalue weighted by atomic mass is 9.97. The predicted octanol–water partition coefficient (Wildman–Crippen LogP) is 3.72. The highest BCUT2D eigenvalue weighted by molar-refractivity contribution is 7.89. The number of piperazine rings is 1. The van der Waals surface area contributed by atoms with Crippen LogP contribution in [-0.2, 0) is 10.0 Å². The molecular weight excluding hydrogens is 448 g/mol. The van der Waals surface area contributed by atoms with Gasteiger partial charge in [-0.2, -0.15) is 4.31 Å². The molecule has 0 bridgehead atoms. The van der Waals surface area contributed by atoms with Crippen molar-refractivity contribution in [2.75, 3.05) is 26.2 Å². The number of carbonyl (C=O) groups excluding carboxylic acids is 2. The van der Waals surface area contributed by atoms with E-state index >= 15 is 0 Å². The van der Waals surface area contributed by atoms with Gasteiger partial charge in [-0.1, -0.05) is 48.0 Å². The Labute approximate surface area is 192 Å². The summed E-state index contributed by atoms with van der Waals surface area (Å²) in [6.45, 7) is 0.870. The number of carbonyl (C=O) groups is 2. The average Bonchev–Trinajstić information content (AvgIpc) is 2.84. The van der Waals surface area contributed by atoms with E-state index in [1.54, 1.807) is 83.8 Å². The SMILES string of the molecule is O=C(c1ccc(Cl)cc1)c1ccccc1C(=O)N1CCN(S(=O)(=O)c2ccccc2)CC1. The number of hydrogen-bond donors (Lipinski definition) is 0. The molecule has 0 spiro atoms. The van der Waals surface area contributed by atoms with Crippen LogP contribution in [0.25, 0.3) is 0 Å². The lowest BCUT2D eigenvalue weighted by molar-refractivity contribution is 0.0694. The summed E-state index contributed by atoms with van der Waals surface area (Å²) in [5, 5.41) is 0.522. The molecule has 0 unspecified atom stereocenters. The van der Waals surface area contributed by atoms with Crippen LogP contribution < -0.4 is 0 Å². The van der Waals surface area contributed by atoms with Gasteiger partial charge in [-0.3, -0.25) is 9.59 Å². The van der Waals surface area contributed by atoms with E-state index in [1.165, 1.54) is 4.31 Å². The van der Waals surface area contributed by atoms with Crippen LogP contribution in [0.1, 0.15) is 26.3 Å². The van der Waals surface area contributed by atoms with E-state index in [2.05, 4.69) is 0 Å². The Hall–Kier alpha value is -3.00. The molecule has 3 aromatic carbocycles. The van der Waals surface area contributed by atoms with Crippen LogP contribution >= 0.6 is 11.6 Å². The summed E-state index contributed by atoms with van der Waals surface area (Å²) in [6.07, 6.45) is 0. The molecule has 1 aliphatic heterocycles. The van der Waals surface area contributed by atoms with E-state index < -0.39 is 10.0 Å². The molecule has 6 nitrogen and oxygen atoms in total. The minimum atomic E-state index is -3.61. The van der Waals surface area contributed by atoms with Gasteiger partial charge in [-0.05, 0) is 42.5 Å². The third kappa shape index (κ3) is 4.46. The second kappa shape index (κ2) is 9.24. The largest absolute Gasteiger partial charge is 0.336 e. The highest BCUT2D eigenvalue weighted by Crippen LogP contribution is 2.21. The molecule has 0 radical (unpaired) electrons. The average molecular weight is 469 g/mol. The fourth-order valence-corrected chi connectivity index (χ4v) is 5.24. The number of nitrogens with zero attached hydrogens (tertiary/aromatic N) is 2. The van der Waals surface area contributed by atoms with Crippen molar-refractivity contribution in [3.05, 3.63) is 101 Å². The number of amides is 1. The molecule has 4 rings (SSSR count). The van der Waals surface area contributed by atoms with Crippen molar-refractivity contribution in [2.24, 2.45) is 0 Å². The lowest BCUT2D eigenvalue weighted by Crippen LogP contribution is -2.50. The number of hydrogen-bond acceptors (Lipinski definition) is 4. The molecule has 0 aromatic heterocycles. The summed E-state index contributed by atoms with van der Waals surface area (Å²) in [6, 6.07) is 21.4. The summed E-state index contributed by atoms with van der Waals surface area (Å²) in [5.41, 5.74) is 1.04. The van der Waals surface area contributed by atoms with E-state index in [0.29, 0.717) is 21.7 Å². The van der Waals surface area contributed by atoms with E-state index in [0.717, 1.165) is 0 Å². The lowest BCUT2D eigenvalue weighted by Gasteiger charge is -2.34. The maximum Gasteiger partial charge on any atom is 0.254 e. The van der Waals surface area contributed by atoms with Crippen LogP contribution in [0.4, 0.5) is 0 Å². The van der Waals surface area contributed by atoms with Gasteiger partial charge in [0.1, 0.15) is 0 Å². The Morgan fingerprint density at radius 1 is 0.719 bits per heavy atom. The number of ketones is 1. The number of rotatable bonds is 5. The summed E-state index contributed by atoms with van der Waals surface area (Å²) < 4.78 is 27.0. The van der Waals surface area contributed by atoms with Gasteiger partial charge in [0.05, 0.1) is 10.5 Å². The first-order valence-electron chi connectivity index (χ1n) is 10.1. The third-order valence-corrected chi connectivity index (χ3v) is 7.58. The molecule has 8 heteroatoms. The zero-order valence-electron chi connectivity index (χ0n) is 17.1. The van der Waals surface area contributed by atoms with Gasteiger partial charge in [0, 0.05) is 42.3 Å². The van der Waals surface area contributed by atoms with E-state index in [-0.39, 0.29) is 42.8 Å². The first-order chi connectivity index (χ1) is 15.4.